The maximum atomic E-state index is 13.0. The third kappa shape index (κ3) is 1.61. The van der Waals surface area contributed by atoms with Gasteiger partial charge in [0.05, 0.1) is 12.0 Å². The first-order valence-corrected chi connectivity index (χ1v) is 9.35. The molecule has 1 saturated carbocycles. The fraction of sp³-hybridized carbons (Fsp3) is 0.524. The lowest BCUT2D eigenvalue weighted by molar-refractivity contribution is -0.166. The van der Waals surface area contributed by atoms with E-state index < -0.39 is 22.7 Å². The number of nitrogens with zero attached hydrogens (tertiary/aromatic N) is 1. The predicted octanol–water partition coefficient (Wildman–Crippen LogP) is 2.09. The Kier molecular flexibility index (Phi) is 2.95. The Hall–Kier alpha value is -2.14. The fourth-order valence-electron chi connectivity index (χ4n) is 5.68. The average molecular weight is 353 g/mol. The molecule has 3 fully saturated rings. The molecule has 5 heteroatoms. The van der Waals surface area contributed by atoms with Crippen LogP contribution in [0.25, 0.3) is 0 Å². The Morgan fingerprint density at radius 2 is 1.92 bits per heavy atom. The zero-order valence-corrected chi connectivity index (χ0v) is 15.0. The first kappa shape index (κ1) is 16.1. The minimum Gasteiger partial charge on any atom is -0.459 e. The van der Waals surface area contributed by atoms with Crippen molar-refractivity contribution >= 4 is 17.4 Å². The number of hydrogen-bond donors (Lipinski definition) is 1. The van der Waals surface area contributed by atoms with Crippen molar-refractivity contribution in [3.05, 3.63) is 42.5 Å². The number of para-hydroxylation sites is 1. The summed E-state index contributed by atoms with van der Waals surface area (Å²) in [5, 5.41) is 11.4. The number of anilines is 1. The largest absolute Gasteiger partial charge is 0.459 e. The molecular formula is C21H23NO4. The minimum absolute atomic E-state index is 0.0690. The van der Waals surface area contributed by atoms with Crippen LogP contribution in [0.3, 0.4) is 0 Å². The summed E-state index contributed by atoms with van der Waals surface area (Å²) < 4.78 is 5.87. The van der Waals surface area contributed by atoms with E-state index in [2.05, 4.69) is 4.90 Å². The number of carbonyl (C=O) groups is 2. The summed E-state index contributed by atoms with van der Waals surface area (Å²) in [6.45, 7) is 4.37. The number of ether oxygens (including phenoxy) is 1. The summed E-state index contributed by atoms with van der Waals surface area (Å²) in [6, 6.07) is 9.86. The van der Waals surface area contributed by atoms with Gasteiger partial charge in [0, 0.05) is 11.6 Å². The van der Waals surface area contributed by atoms with E-state index in [0.717, 1.165) is 18.5 Å². The van der Waals surface area contributed by atoms with Gasteiger partial charge in [-0.15, -0.1) is 0 Å². The van der Waals surface area contributed by atoms with E-state index >= 15 is 0 Å². The maximum Gasteiger partial charge on any atom is 0.334 e. The molecule has 2 heterocycles. The summed E-state index contributed by atoms with van der Waals surface area (Å²) in [7, 11) is 0. The lowest BCUT2D eigenvalue weighted by atomic mass is 9.64. The van der Waals surface area contributed by atoms with Crippen molar-refractivity contribution in [2.75, 3.05) is 11.4 Å². The molecular weight excluding hydrogens is 330 g/mol. The Morgan fingerprint density at radius 3 is 2.65 bits per heavy atom. The number of allylic oxidation sites excluding steroid dienone is 1. The number of ketones is 1. The van der Waals surface area contributed by atoms with Gasteiger partial charge < -0.3 is 14.7 Å². The van der Waals surface area contributed by atoms with E-state index in [-0.39, 0.29) is 23.6 Å². The molecule has 1 N–H and O–H groups in total. The van der Waals surface area contributed by atoms with Crippen molar-refractivity contribution in [1.82, 2.24) is 0 Å². The summed E-state index contributed by atoms with van der Waals surface area (Å²) in [5.74, 6) is -0.560. The first-order chi connectivity index (χ1) is 12.4. The number of carbonyl (C=O) groups excluding carboxylic acids is 2. The van der Waals surface area contributed by atoms with Crippen LogP contribution in [0, 0.1) is 17.3 Å². The molecule has 4 aliphatic rings. The van der Waals surface area contributed by atoms with Crippen molar-refractivity contribution < 1.29 is 19.4 Å². The highest BCUT2D eigenvalue weighted by Crippen LogP contribution is 2.62. The van der Waals surface area contributed by atoms with Crippen LogP contribution in [0.4, 0.5) is 5.69 Å². The van der Waals surface area contributed by atoms with E-state index in [0.29, 0.717) is 6.54 Å². The minimum atomic E-state index is -1.26. The zero-order chi connectivity index (χ0) is 18.3. The number of hydrogen-bond acceptors (Lipinski definition) is 5. The van der Waals surface area contributed by atoms with Crippen molar-refractivity contribution in [3.63, 3.8) is 0 Å². The quantitative estimate of drug-likeness (QED) is 0.619. The van der Waals surface area contributed by atoms with Crippen LogP contribution in [-0.4, -0.2) is 40.6 Å². The van der Waals surface area contributed by atoms with E-state index in [9.17, 15) is 14.7 Å². The van der Waals surface area contributed by atoms with Crippen LogP contribution in [-0.2, 0) is 14.3 Å². The topological polar surface area (TPSA) is 66.6 Å². The molecule has 136 valence electrons. The maximum absolute atomic E-state index is 13.0. The summed E-state index contributed by atoms with van der Waals surface area (Å²) >= 11 is 0. The van der Waals surface area contributed by atoms with Crippen LogP contribution in [0.5, 0.6) is 0 Å². The van der Waals surface area contributed by atoms with Crippen LogP contribution < -0.4 is 4.90 Å². The van der Waals surface area contributed by atoms with Crippen molar-refractivity contribution in [2.45, 2.75) is 43.9 Å². The summed E-state index contributed by atoms with van der Waals surface area (Å²) in [5.41, 5.74) is -2.07. The Labute approximate surface area is 152 Å². The number of rotatable bonds is 1. The Bertz CT molecular complexity index is 836. The van der Waals surface area contributed by atoms with Gasteiger partial charge in [-0.3, -0.25) is 4.79 Å². The molecule has 0 amide bonds. The second kappa shape index (κ2) is 4.77. The molecule has 0 bridgehead atoms. The molecule has 2 aliphatic heterocycles. The third-order valence-electron chi connectivity index (χ3n) is 7.48. The SMILES string of the molecule is C[C@H]1CC[C@@H]2[C@@H](OC(=O)[C@]23CN3c2ccccc2)[C@]2(C)C(=O)C=C[C@@]12O. The summed E-state index contributed by atoms with van der Waals surface area (Å²) in [4.78, 5) is 27.9. The van der Waals surface area contributed by atoms with Crippen LogP contribution in [0.15, 0.2) is 42.5 Å². The van der Waals surface area contributed by atoms with Gasteiger partial charge in [-0.25, -0.2) is 4.79 Å². The van der Waals surface area contributed by atoms with Gasteiger partial charge in [0.2, 0.25) is 0 Å². The number of benzene rings is 1. The normalized spacial score (nSPS) is 46.1. The third-order valence-corrected chi connectivity index (χ3v) is 7.48. The average Bonchev–Trinajstić information content (AvgIpc) is 3.28. The molecule has 1 aromatic rings. The van der Waals surface area contributed by atoms with Crippen molar-refractivity contribution in [1.29, 1.82) is 0 Å². The number of aliphatic hydroxyl groups is 1. The molecule has 0 unspecified atom stereocenters. The van der Waals surface area contributed by atoms with Crippen LogP contribution >= 0.6 is 0 Å². The molecule has 1 aromatic carbocycles. The van der Waals surface area contributed by atoms with Gasteiger partial charge in [-0.05, 0) is 50.0 Å². The van der Waals surface area contributed by atoms with Gasteiger partial charge in [0.15, 0.2) is 11.3 Å². The zero-order valence-electron chi connectivity index (χ0n) is 15.0. The second-order valence-electron chi connectivity index (χ2n) is 8.48. The van der Waals surface area contributed by atoms with Crippen LogP contribution in [0.1, 0.15) is 26.7 Å². The molecule has 5 rings (SSSR count). The monoisotopic (exact) mass is 353 g/mol. The molecule has 0 aromatic heterocycles. The fourth-order valence-corrected chi connectivity index (χ4v) is 5.68. The predicted molar refractivity (Wildman–Crippen MR) is 95.5 cm³/mol. The number of fused-ring (bicyclic) bond motifs is 4. The number of esters is 1. The standard InChI is InChI=1S/C21H23NO4/c1-13-8-9-15-17(19(2)16(23)10-11-21(13,19)25)26-18(24)20(15)12-22(20)14-6-4-3-5-7-14/h3-7,10-11,13,15,17,25H,8-9,12H2,1-2H3/t13-,15+,17+,19-,20-,21+,22?/m0/s1. The summed E-state index contributed by atoms with van der Waals surface area (Å²) in [6.07, 6.45) is 4.02. The Balaban J connectivity index is 1.59. The van der Waals surface area contributed by atoms with Crippen LogP contribution in [0.2, 0.25) is 0 Å². The lowest BCUT2D eigenvalue weighted by Gasteiger charge is -2.43. The smallest absolute Gasteiger partial charge is 0.334 e. The van der Waals surface area contributed by atoms with E-state index in [1.807, 2.05) is 37.3 Å². The van der Waals surface area contributed by atoms with E-state index in [1.165, 1.54) is 6.08 Å². The van der Waals surface area contributed by atoms with Crippen molar-refractivity contribution in [3.8, 4) is 0 Å². The highest BCUT2D eigenvalue weighted by Gasteiger charge is 2.77. The van der Waals surface area contributed by atoms with Gasteiger partial charge in [0.25, 0.3) is 0 Å². The molecule has 26 heavy (non-hydrogen) atoms. The second-order valence-corrected chi connectivity index (χ2v) is 8.48. The highest BCUT2D eigenvalue weighted by atomic mass is 16.6. The highest BCUT2D eigenvalue weighted by molar-refractivity contribution is 6.02. The molecule has 0 radical (unpaired) electrons. The molecule has 1 spiro atoms. The van der Waals surface area contributed by atoms with Gasteiger partial charge in [0.1, 0.15) is 11.7 Å². The van der Waals surface area contributed by atoms with E-state index in [1.54, 1.807) is 13.0 Å². The lowest BCUT2D eigenvalue weighted by Crippen LogP contribution is -2.57. The Morgan fingerprint density at radius 1 is 1.19 bits per heavy atom. The van der Waals surface area contributed by atoms with Crippen molar-refractivity contribution in [2.24, 2.45) is 17.3 Å². The van der Waals surface area contributed by atoms with Gasteiger partial charge >= 0.3 is 5.97 Å². The van der Waals surface area contributed by atoms with E-state index in [4.69, 9.17) is 4.74 Å². The molecule has 2 saturated heterocycles. The van der Waals surface area contributed by atoms with Gasteiger partial charge in [-0.1, -0.05) is 25.1 Å². The molecule has 5 nitrogen and oxygen atoms in total. The molecule has 2 aliphatic carbocycles. The molecule has 6 atom stereocenters. The van der Waals surface area contributed by atoms with Gasteiger partial charge in [-0.2, -0.15) is 0 Å². The first-order valence-electron chi connectivity index (χ1n) is 9.35.